The molecule has 3 N–H and O–H groups in total. The molecule has 0 aliphatic heterocycles. The first-order valence-electron chi connectivity index (χ1n) is 6.21. The predicted octanol–water partition coefficient (Wildman–Crippen LogP) is 2.52. The number of hydrogen-bond donors (Lipinski definition) is 2. The second-order valence-electron chi connectivity index (χ2n) is 4.47. The van der Waals surface area contributed by atoms with E-state index in [-0.39, 0.29) is 6.04 Å². The molecular formula is C13H20N4S. The highest BCUT2D eigenvalue weighted by Gasteiger charge is 2.20. The molecule has 0 amide bonds. The Morgan fingerprint density at radius 2 is 2.28 bits per heavy atom. The van der Waals surface area contributed by atoms with Crippen molar-refractivity contribution in [2.75, 3.05) is 0 Å². The van der Waals surface area contributed by atoms with Crippen LogP contribution in [0.1, 0.15) is 40.5 Å². The van der Waals surface area contributed by atoms with Gasteiger partial charge in [-0.15, -0.1) is 11.3 Å². The SMILES string of the molecule is CCCn1ccnc1C(NN)c1cc(C)c(C)s1. The maximum atomic E-state index is 5.72. The Labute approximate surface area is 112 Å². The molecular weight excluding hydrogens is 244 g/mol. The van der Waals surface area contributed by atoms with E-state index in [1.54, 1.807) is 11.3 Å². The molecule has 2 heterocycles. The zero-order valence-electron chi connectivity index (χ0n) is 11.1. The topological polar surface area (TPSA) is 55.9 Å². The summed E-state index contributed by atoms with van der Waals surface area (Å²) in [4.78, 5) is 7.00. The molecule has 0 aromatic carbocycles. The van der Waals surface area contributed by atoms with Crippen LogP contribution in [0.25, 0.3) is 0 Å². The van der Waals surface area contributed by atoms with Crippen molar-refractivity contribution < 1.29 is 0 Å². The number of rotatable bonds is 5. The number of imidazole rings is 1. The molecule has 2 aromatic heterocycles. The Morgan fingerprint density at radius 1 is 1.50 bits per heavy atom. The lowest BCUT2D eigenvalue weighted by molar-refractivity contribution is 0.551. The van der Waals surface area contributed by atoms with E-state index in [1.807, 2.05) is 12.4 Å². The predicted molar refractivity (Wildman–Crippen MR) is 75.5 cm³/mol. The third-order valence-corrected chi connectivity index (χ3v) is 4.32. The summed E-state index contributed by atoms with van der Waals surface area (Å²) in [5, 5.41) is 0. The van der Waals surface area contributed by atoms with Crippen LogP contribution in [0.3, 0.4) is 0 Å². The Morgan fingerprint density at radius 3 is 2.83 bits per heavy atom. The van der Waals surface area contributed by atoms with E-state index in [4.69, 9.17) is 5.84 Å². The lowest BCUT2D eigenvalue weighted by Gasteiger charge is -2.15. The van der Waals surface area contributed by atoms with Crippen molar-refractivity contribution in [1.82, 2.24) is 15.0 Å². The van der Waals surface area contributed by atoms with E-state index in [0.717, 1.165) is 18.8 Å². The van der Waals surface area contributed by atoms with Gasteiger partial charge in [-0.1, -0.05) is 6.92 Å². The van der Waals surface area contributed by atoms with Crippen molar-refractivity contribution in [1.29, 1.82) is 0 Å². The minimum Gasteiger partial charge on any atom is -0.333 e. The third kappa shape index (κ3) is 2.48. The molecule has 0 fully saturated rings. The van der Waals surface area contributed by atoms with Gasteiger partial charge in [-0.25, -0.2) is 10.4 Å². The summed E-state index contributed by atoms with van der Waals surface area (Å²) in [5.74, 6) is 6.71. The Bertz CT molecular complexity index is 495. The number of thiophene rings is 1. The maximum Gasteiger partial charge on any atom is 0.132 e. The van der Waals surface area contributed by atoms with Gasteiger partial charge >= 0.3 is 0 Å². The molecule has 0 aliphatic rings. The van der Waals surface area contributed by atoms with Crippen molar-refractivity contribution in [3.8, 4) is 0 Å². The number of nitrogens with one attached hydrogen (secondary N) is 1. The lowest BCUT2D eigenvalue weighted by atomic mass is 10.2. The van der Waals surface area contributed by atoms with Crippen LogP contribution in [0.4, 0.5) is 0 Å². The molecule has 0 saturated carbocycles. The summed E-state index contributed by atoms with van der Waals surface area (Å²) in [6, 6.07) is 2.17. The first-order valence-corrected chi connectivity index (χ1v) is 7.03. The normalized spacial score (nSPS) is 12.9. The quantitative estimate of drug-likeness (QED) is 0.644. The molecule has 2 aromatic rings. The second-order valence-corrected chi connectivity index (χ2v) is 5.75. The van der Waals surface area contributed by atoms with E-state index in [0.29, 0.717) is 0 Å². The number of nitrogens with two attached hydrogens (primary N) is 1. The van der Waals surface area contributed by atoms with Crippen LogP contribution >= 0.6 is 11.3 Å². The van der Waals surface area contributed by atoms with Gasteiger partial charge in [0, 0.05) is 28.7 Å². The van der Waals surface area contributed by atoms with Gasteiger partial charge in [-0.3, -0.25) is 5.84 Å². The fraction of sp³-hybridized carbons (Fsp3) is 0.462. The van der Waals surface area contributed by atoms with Crippen molar-refractivity contribution in [3.05, 3.63) is 39.6 Å². The van der Waals surface area contributed by atoms with E-state index in [1.165, 1.54) is 15.3 Å². The zero-order valence-corrected chi connectivity index (χ0v) is 11.9. The zero-order chi connectivity index (χ0) is 13.1. The second kappa shape index (κ2) is 5.65. The van der Waals surface area contributed by atoms with Crippen molar-refractivity contribution in [2.45, 2.75) is 39.8 Å². The minimum absolute atomic E-state index is 0.0241. The average Bonchev–Trinajstić information content (AvgIpc) is 2.90. The maximum absolute atomic E-state index is 5.72. The number of aryl methyl sites for hydroxylation is 3. The molecule has 18 heavy (non-hydrogen) atoms. The van der Waals surface area contributed by atoms with E-state index in [9.17, 15) is 0 Å². The van der Waals surface area contributed by atoms with Gasteiger partial charge < -0.3 is 4.57 Å². The molecule has 1 unspecified atom stereocenters. The smallest absolute Gasteiger partial charge is 0.132 e. The third-order valence-electron chi connectivity index (χ3n) is 3.11. The molecule has 1 atom stereocenters. The van der Waals surface area contributed by atoms with Crippen LogP contribution in [-0.4, -0.2) is 9.55 Å². The fourth-order valence-electron chi connectivity index (χ4n) is 2.04. The molecule has 0 radical (unpaired) electrons. The number of hydrogen-bond acceptors (Lipinski definition) is 4. The first kappa shape index (κ1) is 13.3. The van der Waals surface area contributed by atoms with Gasteiger partial charge in [0.15, 0.2) is 0 Å². The molecule has 0 saturated heterocycles. The van der Waals surface area contributed by atoms with E-state index in [2.05, 4.69) is 41.8 Å². The van der Waals surface area contributed by atoms with Crippen LogP contribution in [0.2, 0.25) is 0 Å². The minimum atomic E-state index is -0.0241. The van der Waals surface area contributed by atoms with Crippen LogP contribution in [0.15, 0.2) is 18.5 Å². The van der Waals surface area contributed by atoms with Gasteiger partial charge in [0.1, 0.15) is 11.9 Å². The molecule has 0 spiro atoms. The van der Waals surface area contributed by atoms with Gasteiger partial charge in [0.2, 0.25) is 0 Å². The standard InChI is InChI=1S/C13H20N4S/c1-4-6-17-7-5-15-13(17)12(16-14)11-8-9(2)10(3)18-11/h5,7-8,12,16H,4,6,14H2,1-3H3. The summed E-state index contributed by atoms with van der Waals surface area (Å²) in [5.41, 5.74) is 4.20. The highest BCUT2D eigenvalue weighted by atomic mass is 32.1. The van der Waals surface area contributed by atoms with Crippen molar-refractivity contribution in [3.63, 3.8) is 0 Å². The lowest BCUT2D eigenvalue weighted by Crippen LogP contribution is -2.30. The van der Waals surface area contributed by atoms with E-state index >= 15 is 0 Å². The molecule has 98 valence electrons. The molecule has 0 aliphatic carbocycles. The first-order chi connectivity index (χ1) is 8.67. The summed E-state index contributed by atoms with van der Waals surface area (Å²) in [6.07, 6.45) is 4.93. The number of aromatic nitrogens is 2. The number of nitrogens with zero attached hydrogens (tertiary/aromatic N) is 2. The summed E-state index contributed by atoms with van der Waals surface area (Å²) >= 11 is 1.78. The van der Waals surface area contributed by atoms with Crippen LogP contribution in [0, 0.1) is 13.8 Å². The number of hydrazine groups is 1. The Kier molecular flexibility index (Phi) is 4.16. The highest BCUT2D eigenvalue weighted by molar-refractivity contribution is 7.12. The van der Waals surface area contributed by atoms with Crippen molar-refractivity contribution >= 4 is 11.3 Å². The van der Waals surface area contributed by atoms with Gasteiger partial charge in [0.25, 0.3) is 0 Å². The Balaban J connectivity index is 2.35. The molecule has 0 bridgehead atoms. The average molecular weight is 264 g/mol. The van der Waals surface area contributed by atoms with Crippen molar-refractivity contribution in [2.24, 2.45) is 5.84 Å². The van der Waals surface area contributed by atoms with Crippen LogP contribution in [-0.2, 0) is 6.54 Å². The molecule has 2 rings (SSSR count). The van der Waals surface area contributed by atoms with Gasteiger partial charge in [-0.2, -0.15) is 0 Å². The largest absolute Gasteiger partial charge is 0.333 e. The van der Waals surface area contributed by atoms with Gasteiger partial charge in [0.05, 0.1) is 0 Å². The van der Waals surface area contributed by atoms with Gasteiger partial charge in [-0.05, 0) is 31.9 Å². The fourth-order valence-corrected chi connectivity index (χ4v) is 3.14. The van der Waals surface area contributed by atoms with Crippen LogP contribution < -0.4 is 11.3 Å². The highest BCUT2D eigenvalue weighted by Crippen LogP contribution is 2.29. The summed E-state index contributed by atoms with van der Waals surface area (Å²) < 4.78 is 2.16. The molecule has 5 heteroatoms. The monoisotopic (exact) mass is 264 g/mol. The summed E-state index contributed by atoms with van der Waals surface area (Å²) in [6.45, 7) is 7.39. The van der Waals surface area contributed by atoms with E-state index < -0.39 is 0 Å². The van der Waals surface area contributed by atoms with Crippen LogP contribution in [0.5, 0.6) is 0 Å². The molecule has 4 nitrogen and oxygen atoms in total. The summed E-state index contributed by atoms with van der Waals surface area (Å²) in [7, 11) is 0. The Hall–Kier alpha value is -1.17.